The van der Waals surface area contributed by atoms with E-state index in [1.54, 1.807) is 24.3 Å². The number of amides is 2. The summed E-state index contributed by atoms with van der Waals surface area (Å²) < 4.78 is 0. The maximum Gasteiger partial charge on any atom is 0.411 e. The Hall–Kier alpha value is -4.72. The Balaban J connectivity index is 1.52. The Bertz CT molecular complexity index is 1410. The maximum absolute atomic E-state index is 12.4. The maximum atomic E-state index is 12.4. The highest BCUT2D eigenvalue weighted by Gasteiger charge is 2.31. The first-order valence-electron chi connectivity index (χ1n) is 11.1. The lowest BCUT2D eigenvalue weighted by Crippen LogP contribution is -2.33. The SMILES string of the molecule is CNC(=O)c1nc(-c2cccc(N(CC3c4ccccc4-c4ccccc43)C(=O)O)c2)cnc1N. The average molecular weight is 466 g/mol. The van der Waals surface area contributed by atoms with Crippen LogP contribution in [0, 0.1) is 0 Å². The number of nitrogens with two attached hydrogens (primary N) is 1. The highest BCUT2D eigenvalue weighted by Crippen LogP contribution is 2.45. The van der Waals surface area contributed by atoms with Gasteiger partial charge in [0.25, 0.3) is 5.91 Å². The Labute approximate surface area is 202 Å². The van der Waals surface area contributed by atoms with Crippen molar-refractivity contribution >= 4 is 23.5 Å². The zero-order chi connectivity index (χ0) is 24.5. The number of fused-ring (bicyclic) bond motifs is 3. The molecular formula is C27H23N5O3. The molecule has 1 heterocycles. The summed E-state index contributed by atoms with van der Waals surface area (Å²) >= 11 is 0. The fourth-order valence-electron chi connectivity index (χ4n) is 4.59. The molecule has 0 radical (unpaired) electrons. The minimum absolute atomic E-state index is 0.0182. The molecule has 0 aliphatic heterocycles. The van der Waals surface area contributed by atoms with Crippen molar-refractivity contribution in [1.29, 1.82) is 0 Å². The van der Waals surface area contributed by atoms with Crippen molar-refractivity contribution in [3.05, 3.63) is 95.8 Å². The van der Waals surface area contributed by atoms with Crippen LogP contribution in [0.15, 0.2) is 79.0 Å². The summed E-state index contributed by atoms with van der Waals surface area (Å²) in [5, 5.41) is 12.7. The lowest BCUT2D eigenvalue weighted by atomic mass is 9.96. The standard InChI is InChI=1S/C27H23N5O3/c1-29-26(33)24-25(28)30-14-23(31-24)16-7-6-8-17(13-16)32(27(34)35)15-22-20-11-4-2-9-18(20)19-10-3-5-12-21(19)22/h2-14,22H,15H2,1H3,(H2,28,30)(H,29,33)(H,34,35). The van der Waals surface area contributed by atoms with Crippen LogP contribution < -0.4 is 16.0 Å². The number of hydrogen-bond donors (Lipinski definition) is 3. The van der Waals surface area contributed by atoms with Crippen molar-refractivity contribution < 1.29 is 14.7 Å². The third-order valence-electron chi connectivity index (χ3n) is 6.26. The van der Waals surface area contributed by atoms with E-state index in [1.165, 1.54) is 18.1 Å². The predicted octanol–water partition coefficient (Wildman–Crippen LogP) is 4.38. The molecule has 8 heteroatoms. The molecule has 1 aromatic heterocycles. The minimum Gasteiger partial charge on any atom is -0.465 e. The van der Waals surface area contributed by atoms with Crippen LogP contribution in [0.5, 0.6) is 0 Å². The molecule has 35 heavy (non-hydrogen) atoms. The van der Waals surface area contributed by atoms with Gasteiger partial charge in [-0.05, 0) is 34.4 Å². The number of anilines is 2. The van der Waals surface area contributed by atoms with Gasteiger partial charge in [-0.1, -0.05) is 60.7 Å². The molecule has 1 aliphatic carbocycles. The number of benzene rings is 3. The number of carbonyl (C=O) groups excluding carboxylic acids is 1. The molecule has 0 spiro atoms. The second-order valence-electron chi connectivity index (χ2n) is 8.24. The van der Waals surface area contributed by atoms with Gasteiger partial charge >= 0.3 is 6.09 Å². The van der Waals surface area contributed by atoms with E-state index >= 15 is 0 Å². The summed E-state index contributed by atoms with van der Waals surface area (Å²) in [6, 6.07) is 23.2. The molecule has 4 N–H and O–H groups in total. The molecule has 0 unspecified atom stereocenters. The monoisotopic (exact) mass is 465 g/mol. The molecule has 2 amide bonds. The van der Waals surface area contributed by atoms with Crippen LogP contribution in [-0.4, -0.2) is 40.7 Å². The molecule has 8 nitrogen and oxygen atoms in total. The Morgan fingerprint density at radius 3 is 2.29 bits per heavy atom. The van der Waals surface area contributed by atoms with Gasteiger partial charge in [0.2, 0.25) is 0 Å². The van der Waals surface area contributed by atoms with E-state index in [4.69, 9.17) is 5.73 Å². The van der Waals surface area contributed by atoms with Crippen LogP contribution in [0.25, 0.3) is 22.4 Å². The van der Waals surface area contributed by atoms with Crippen LogP contribution in [-0.2, 0) is 0 Å². The van der Waals surface area contributed by atoms with Gasteiger partial charge in [0.05, 0.1) is 11.9 Å². The fourth-order valence-corrected chi connectivity index (χ4v) is 4.59. The first-order chi connectivity index (χ1) is 17.0. The van der Waals surface area contributed by atoms with Crippen molar-refractivity contribution in [1.82, 2.24) is 15.3 Å². The molecular weight excluding hydrogens is 442 g/mol. The largest absolute Gasteiger partial charge is 0.465 e. The molecule has 0 saturated heterocycles. The van der Waals surface area contributed by atoms with Crippen LogP contribution in [0.1, 0.15) is 27.5 Å². The van der Waals surface area contributed by atoms with Gasteiger partial charge in [-0.25, -0.2) is 14.8 Å². The van der Waals surface area contributed by atoms with E-state index < -0.39 is 12.0 Å². The number of nitrogens with zero attached hydrogens (tertiary/aromatic N) is 3. The fraction of sp³-hybridized carbons (Fsp3) is 0.111. The second-order valence-corrected chi connectivity index (χ2v) is 8.24. The quantitative estimate of drug-likeness (QED) is 0.402. The summed E-state index contributed by atoms with van der Waals surface area (Å²) in [7, 11) is 1.49. The Morgan fingerprint density at radius 1 is 1.00 bits per heavy atom. The van der Waals surface area contributed by atoms with E-state index in [0.29, 0.717) is 16.9 Å². The minimum atomic E-state index is -1.06. The van der Waals surface area contributed by atoms with Crippen molar-refractivity contribution in [3.8, 4) is 22.4 Å². The normalized spacial score (nSPS) is 12.0. The first kappa shape index (κ1) is 22.1. The lowest BCUT2D eigenvalue weighted by Gasteiger charge is -2.25. The van der Waals surface area contributed by atoms with E-state index in [1.807, 2.05) is 24.3 Å². The number of nitrogen functional groups attached to an aromatic ring is 1. The molecule has 0 bridgehead atoms. The van der Waals surface area contributed by atoms with Crippen LogP contribution >= 0.6 is 0 Å². The zero-order valence-corrected chi connectivity index (χ0v) is 19.0. The number of nitrogens with one attached hydrogen (secondary N) is 1. The number of carboxylic acid groups (broad SMARTS) is 1. The highest BCUT2D eigenvalue weighted by molar-refractivity contribution is 5.96. The molecule has 0 fully saturated rings. The van der Waals surface area contributed by atoms with Crippen molar-refractivity contribution in [2.45, 2.75) is 5.92 Å². The van der Waals surface area contributed by atoms with E-state index in [-0.39, 0.29) is 24.0 Å². The summed E-state index contributed by atoms with van der Waals surface area (Å²) in [5.41, 5.74) is 11.8. The smallest absolute Gasteiger partial charge is 0.411 e. The van der Waals surface area contributed by atoms with Gasteiger partial charge in [0.15, 0.2) is 11.5 Å². The summed E-state index contributed by atoms with van der Waals surface area (Å²) in [6.45, 7) is 0.254. The molecule has 0 saturated carbocycles. The van der Waals surface area contributed by atoms with Gasteiger partial charge in [-0.15, -0.1) is 0 Å². The van der Waals surface area contributed by atoms with Gasteiger partial charge in [0, 0.05) is 30.8 Å². The van der Waals surface area contributed by atoms with Crippen LogP contribution in [0.3, 0.4) is 0 Å². The van der Waals surface area contributed by atoms with Crippen molar-refractivity contribution in [2.75, 3.05) is 24.2 Å². The van der Waals surface area contributed by atoms with E-state index in [9.17, 15) is 14.7 Å². The number of rotatable bonds is 5. The first-order valence-corrected chi connectivity index (χ1v) is 11.1. The molecule has 4 aromatic rings. The second kappa shape index (κ2) is 8.90. The van der Waals surface area contributed by atoms with Gasteiger partial charge in [0.1, 0.15) is 0 Å². The topological polar surface area (TPSA) is 121 Å². The highest BCUT2D eigenvalue weighted by atomic mass is 16.4. The summed E-state index contributed by atoms with van der Waals surface area (Å²) in [6.07, 6.45) is 0.411. The third kappa shape index (κ3) is 3.95. The Morgan fingerprint density at radius 2 is 1.66 bits per heavy atom. The third-order valence-corrected chi connectivity index (χ3v) is 6.26. The van der Waals surface area contributed by atoms with Gasteiger partial charge in [-0.3, -0.25) is 9.69 Å². The van der Waals surface area contributed by atoms with Crippen LogP contribution in [0.4, 0.5) is 16.3 Å². The molecule has 0 atom stereocenters. The number of hydrogen-bond acceptors (Lipinski definition) is 5. The average Bonchev–Trinajstić information content (AvgIpc) is 3.20. The molecule has 3 aromatic carbocycles. The van der Waals surface area contributed by atoms with Crippen molar-refractivity contribution in [3.63, 3.8) is 0 Å². The molecule has 1 aliphatic rings. The molecule has 5 rings (SSSR count). The van der Waals surface area contributed by atoms with E-state index in [2.05, 4.69) is 39.6 Å². The predicted molar refractivity (Wildman–Crippen MR) is 134 cm³/mol. The van der Waals surface area contributed by atoms with Gasteiger partial charge < -0.3 is 16.2 Å². The summed E-state index contributed by atoms with van der Waals surface area (Å²) in [5.74, 6) is -0.521. The zero-order valence-electron chi connectivity index (χ0n) is 19.0. The number of carbonyl (C=O) groups is 2. The summed E-state index contributed by atoms with van der Waals surface area (Å²) in [4.78, 5) is 34.3. The van der Waals surface area contributed by atoms with Gasteiger partial charge in [-0.2, -0.15) is 0 Å². The van der Waals surface area contributed by atoms with E-state index in [0.717, 1.165) is 22.3 Å². The van der Waals surface area contributed by atoms with Crippen LogP contribution in [0.2, 0.25) is 0 Å². The number of aromatic nitrogens is 2. The lowest BCUT2D eigenvalue weighted by molar-refractivity contribution is 0.0959. The Kier molecular flexibility index (Phi) is 5.62. The van der Waals surface area contributed by atoms with Crippen molar-refractivity contribution in [2.24, 2.45) is 0 Å². The molecule has 174 valence electrons.